The van der Waals surface area contributed by atoms with Crippen LogP contribution in [0.15, 0.2) is 48.5 Å². The summed E-state index contributed by atoms with van der Waals surface area (Å²) < 4.78 is 0. The molecule has 18 heavy (non-hydrogen) atoms. The van der Waals surface area contributed by atoms with Crippen molar-refractivity contribution in [2.45, 2.75) is 6.54 Å². The van der Waals surface area contributed by atoms with Crippen molar-refractivity contribution in [1.29, 1.82) is 0 Å². The van der Waals surface area contributed by atoms with Gasteiger partial charge in [-0.1, -0.05) is 36.4 Å². The maximum absolute atomic E-state index is 11.0. The van der Waals surface area contributed by atoms with E-state index in [1.807, 2.05) is 30.3 Å². The zero-order chi connectivity index (χ0) is 13.0. The molecular formula is C14H13NO3. The van der Waals surface area contributed by atoms with Gasteiger partial charge >= 0.3 is 5.97 Å². The molecule has 0 aliphatic rings. The van der Waals surface area contributed by atoms with Crippen LogP contribution >= 0.6 is 0 Å². The van der Waals surface area contributed by atoms with Crippen molar-refractivity contribution in [1.82, 2.24) is 0 Å². The molecule has 4 heteroatoms. The summed E-state index contributed by atoms with van der Waals surface area (Å²) in [4.78, 5) is 11.0. The third-order valence-electron chi connectivity index (χ3n) is 2.58. The number of phenolic OH excluding ortho intramolecular Hbond substituents is 1. The first kappa shape index (κ1) is 12.0. The molecule has 0 saturated carbocycles. The largest absolute Gasteiger partial charge is 0.506 e. The summed E-state index contributed by atoms with van der Waals surface area (Å²) in [6, 6.07) is 14.0. The summed E-state index contributed by atoms with van der Waals surface area (Å²) in [5, 5.41) is 21.7. The monoisotopic (exact) mass is 243 g/mol. The van der Waals surface area contributed by atoms with Gasteiger partial charge < -0.3 is 15.5 Å². The highest BCUT2D eigenvalue weighted by Gasteiger charge is 2.12. The molecule has 0 amide bonds. The third-order valence-corrected chi connectivity index (χ3v) is 2.58. The van der Waals surface area contributed by atoms with E-state index in [-0.39, 0.29) is 17.0 Å². The zero-order valence-electron chi connectivity index (χ0n) is 9.63. The maximum Gasteiger partial charge on any atom is 0.337 e. The van der Waals surface area contributed by atoms with Crippen molar-refractivity contribution in [2.24, 2.45) is 0 Å². The van der Waals surface area contributed by atoms with Gasteiger partial charge in [0.05, 0.1) is 11.3 Å². The number of aromatic hydroxyl groups is 1. The van der Waals surface area contributed by atoms with E-state index in [0.717, 1.165) is 5.56 Å². The van der Waals surface area contributed by atoms with Gasteiger partial charge in [-0.2, -0.15) is 0 Å². The molecule has 0 radical (unpaired) electrons. The topological polar surface area (TPSA) is 69.6 Å². The quantitative estimate of drug-likeness (QED) is 0.722. The lowest BCUT2D eigenvalue weighted by Crippen LogP contribution is -2.06. The van der Waals surface area contributed by atoms with E-state index < -0.39 is 5.97 Å². The number of nitrogens with one attached hydrogen (secondary N) is 1. The molecule has 92 valence electrons. The summed E-state index contributed by atoms with van der Waals surface area (Å²) >= 11 is 0. The molecule has 0 atom stereocenters. The standard InChI is InChI=1S/C14H13NO3/c16-12-8-4-7-11(14(17)18)13(12)15-9-10-5-2-1-3-6-10/h1-8,15-16H,9H2,(H,17,18). The van der Waals surface area contributed by atoms with Crippen LogP contribution in [-0.2, 0) is 6.54 Å². The lowest BCUT2D eigenvalue weighted by molar-refractivity contribution is 0.0697. The molecule has 0 saturated heterocycles. The Balaban J connectivity index is 2.21. The Morgan fingerprint density at radius 2 is 1.78 bits per heavy atom. The van der Waals surface area contributed by atoms with E-state index in [1.165, 1.54) is 18.2 Å². The van der Waals surface area contributed by atoms with Crippen molar-refractivity contribution in [3.8, 4) is 5.75 Å². The number of phenols is 1. The fourth-order valence-corrected chi connectivity index (χ4v) is 1.69. The molecule has 4 nitrogen and oxygen atoms in total. The van der Waals surface area contributed by atoms with E-state index in [0.29, 0.717) is 6.54 Å². The van der Waals surface area contributed by atoms with Gasteiger partial charge in [0.1, 0.15) is 5.75 Å². The molecule has 0 heterocycles. The van der Waals surface area contributed by atoms with Gasteiger partial charge in [-0.05, 0) is 17.7 Å². The first-order valence-corrected chi connectivity index (χ1v) is 5.51. The molecule has 0 aromatic heterocycles. The average molecular weight is 243 g/mol. The van der Waals surface area contributed by atoms with Crippen LogP contribution in [0.4, 0.5) is 5.69 Å². The average Bonchev–Trinajstić information content (AvgIpc) is 2.38. The van der Waals surface area contributed by atoms with Gasteiger partial charge in [0.2, 0.25) is 0 Å². The third kappa shape index (κ3) is 2.60. The first-order chi connectivity index (χ1) is 8.68. The minimum atomic E-state index is -1.07. The molecule has 3 N–H and O–H groups in total. The minimum absolute atomic E-state index is 0.0610. The van der Waals surface area contributed by atoms with Gasteiger partial charge in [-0.25, -0.2) is 4.79 Å². The lowest BCUT2D eigenvalue weighted by Gasteiger charge is -2.11. The van der Waals surface area contributed by atoms with Crippen LogP contribution in [0.25, 0.3) is 0 Å². The van der Waals surface area contributed by atoms with E-state index in [1.54, 1.807) is 0 Å². The van der Waals surface area contributed by atoms with Crippen LogP contribution in [0, 0.1) is 0 Å². The Labute approximate surface area is 105 Å². The van der Waals surface area contributed by atoms with Crippen molar-refractivity contribution in [3.63, 3.8) is 0 Å². The fourth-order valence-electron chi connectivity index (χ4n) is 1.69. The van der Waals surface area contributed by atoms with E-state index in [9.17, 15) is 9.90 Å². The van der Waals surface area contributed by atoms with Crippen molar-refractivity contribution >= 4 is 11.7 Å². The molecular weight excluding hydrogens is 230 g/mol. The number of benzene rings is 2. The Hall–Kier alpha value is -2.49. The van der Waals surface area contributed by atoms with Crippen molar-refractivity contribution in [2.75, 3.05) is 5.32 Å². The molecule has 0 unspecified atom stereocenters. The SMILES string of the molecule is O=C(O)c1cccc(O)c1NCc1ccccc1. The van der Waals surface area contributed by atoms with Crippen LogP contribution < -0.4 is 5.32 Å². The van der Waals surface area contributed by atoms with Gasteiger partial charge in [0.15, 0.2) is 0 Å². The Morgan fingerprint density at radius 3 is 2.44 bits per heavy atom. The van der Waals surface area contributed by atoms with Gasteiger partial charge in [-0.15, -0.1) is 0 Å². The highest BCUT2D eigenvalue weighted by molar-refractivity contribution is 5.95. The highest BCUT2D eigenvalue weighted by Crippen LogP contribution is 2.27. The van der Waals surface area contributed by atoms with Gasteiger partial charge in [0, 0.05) is 6.54 Å². The van der Waals surface area contributed by atoms with E-state index in [4.69, 9.17) is 5.11 Å². The fraction of sp³-hybridized carbons (Fsp3) is 0.0714. The van der Waals surface area contributed by atoms with Gasteiger partial charge in [0.25, 0.3) is 0 Å². The highest BCUT2D eigenvalue weighted by atomic mass is 16.4. The van der Waals surface area contributed by atoms with Crippen LogP contribution in [-0.4, -0.2) is 16.2 Å². The van der Waals surface area contributed by atoms with Crippen molar-refractivity contribution < 1.29 is 15.0 Å². The maximum atomic E-state index is 11.0. The zero-order valence-corrected chi connectivity index (χ0v) is 9.63. The Bertz CT molecular complexity index is 552. The second kappa shape index (κ2) is 5.23. The summed E-state index contributed by atoms with van der Waals surface area (Å²) in [6.07, 6.45) is 0. The predicted molar refractivity (Wildman–Crippen MR) is 68.8 cm³/mol. The molecule has 2 aromatic carbocycles. The molecule has 0 spiro atoms. The summed E-state index contributed by atoms with van der Waals surface area (Å²) in [6.45, 7) is 0.457. The number of hydrogen-bond donors (Lipinski definition) is 3. The summed E-state index contributed by atoms with van der Waals surface area (Å²) in [5.74, 6) is -1.13. The molecule has 2 aromatic rings. The first-order valence-electron chi connectivity index (χ1n) is 5.51. The smallest absolute Gasteiger partial charge is 0.337 e. The van der Waals surface area contributed by atoms with Crippen LogP contribution in [0.3, 0.4) is 0 Å². The van der Waals surface area contributed by atoms with Crippen LogP contribution in [0.1, 0.15) is 15.9 Å². The number of anilines is 1. The Morgan fingerprint density at radius 1 is 1.06 bits per heavy atom. The number of rotatable bonds is 4. The number of carbonyl (C=O) groups is 1. The molecule has 0 aliphatic heterocycles. The number of para-hydroxylation sites is 1. The van der Waals surface area contributed by atoms with Crippen LogP contribution in [0.2, 0.25) is 0 Å². The molecule has 0 bridgehead atoms. The second-order valence-corrected chi connectivity index (χ2v) is 3.84. The number of hydrogen-bond acceptors (Lipinski definition) is 3. The number of carboxylic acids is 1. The van der Waals surface area contributed by atoms with Gasteiger partial charge in [-0.3, -0.25) is 0 Å². The molecule has 2 rings (SSSR count). The number of carboxylic acid groups (broad SMARTS) is 1. The van der Waals surface area contributed by atoms with E-state index >= 15 is 0 Å². The lowest BCUT2D eigenvalue weighted by atomic mass is 10.1. The molecule has 0 fully saturated rings. The van der Waals surface area contributed by atoms with Crippen LogP contribution in [0.5, 0.6) is 5.75 Å². The summed E-state index contributed by atoms with van der Waals surface area (Å²) in [5.41, 5.74) is 1.32. The second-order valence-electron chi connectivity index (χ2n) is 3.84. The van der Waals surface area contributed by atoms with Crippen molar-refractivity contribution in [3.05, 3.63) is 59.7 Å². The normalized spacial score (nSPS) is 10.0. The Kier molecular flexibility index (Phi) is 3.48. The number of aromatic carboxylic acids is 1. The van der Waals surface area contributed by atoms with E-state index in [2.05, 4.69) is 5.32 Å². The molecule has 0 aliphatic carbocycles. The summed E-state index contributed by atoms with van der Waals surface area (Å²) in [7, 11) is 0. The minimum Gasteiger partial charge on any atom is -0.506 e. The predicted octanol–water partition coefficient (Wildman–Crippen LogP) is 2.70.